The van der Waals surface area contributed by atoms with Crippen LogP contribution in [-0.2, 0) is 0 Å². The van der Waals surface area contributed by atoms with Gasteiger partial charge in [0.2, 0.25) is 0 Å². The molecule has 0 aromatic heterocycles. The van der Waals surface area contributed by atoms with Crippen LogP contribution in [0.1, 0.15) is 17.3 Å². The van der Waals surface area contributed by atoms with Crippen molar-refractivity contribution in [3.05, 3.63) is 53.8 Å². The van der Waals surface area contributed by atoms with Crippen LogP contribution in [0.25, 0.3) is 11.1 Å². The number of halogens is 4. The second-order valence-corrected chi connectivity index (χ2v) is 4.33. The summed E-state index contributed by atoms with van der Waals surface area (Å²) in [6.45, 7) is 1.41. The quantitative estimate of drug-likeness (QED) is 0.612. The Labute approximate surface area is 118 Å². The molecule has 2 aromatic rings. The first kappa shape index (κ1) is 15.0. The van der Waals surface area contributed by atoms with E-state index in [-0.39, 0.29) is 5.78 Å². The van der Waals surface area contributed by atoms with Crippen molar-refractivity contribution in [2.75, 3.05) is 0 Å². The maximum Gasteiger partial charge on any atom is 0.573 e. The van der Waals surface area contributed by atoms with Gasteiger partial charge in [-0.05, 0) is 30.2 Å². The number of Topliss-reactive ketones (excluding diaryl/α,β-unsaturated/α-hetero) is 1. The number of hydrogen-bond acceptors (Lipinski definition) is 2. The van der Waals surface area contributed by atoms with Gasteiger partial charge in [0.05, 0.1) is 0 Å². The summed E-state index contributed by atoms with van der Waals surface area (Å²) in [6.07, 6.45) is -4.94. The highest BCUT2D eigenvalue weighted by atomic mass is 19.4. The minimum Gasteiger partial charge on any atom is -0.403 e. The Morgan fingerprint density at radius 1 is 1.00 bits per heavy atom. The molecule has 21 heavy (non-hydrogen) atoms. The fourth-order valence-corrected chi connectivity index (χ4v) is 1.79. The largest absolute Gasteiger partial charge is 0.573 e. The molecule has 0 spiro atoms. The van der Waals surface area contributed by atoms with Crippen LogP contribution in [0.2, 0.25) is 0 Å². The molecule has 2 nitrogen and oxygen atoms in total. The average Bonchev–Trinajstić information content (AvgIpc) is 2.40. The van der Waals surface area contributed by atoms with Crippen molar-refractivity contribution in [3.8, 4) is 16.9 Å². The third-order valence-electron chi connectivity index (χ3n) is 2.78. The van der Waals surface area contributed by atoms with Crippen molar-refractivity contribution in [2.24, 2.45) is 0 Å². The first-order valence-corrected chi connectivity index (χ1v) is 5.93. The zero-order valence-electron chi connectivity index (χ0n) is 10.9. The summed E-state index contributed by atoms with van der Waals surface area (Å²) >= 11 is 0. The molecule has 6 heteroatoms. The molecule has 2 aromatic carbocycles. The smallest absolute Gasteiger partial charge is 0.403 e. The number of carbonyl (C=O) groups is 1. The van der Waals surface area contributed by atoms with Gasteiger partial charge in [-0.1, -0.05) is 30.3 Å². The minimum atomic E-state index is -4.94. The molecule has 0 aliphatic carbocycles. The van der Waals surface area contributed by atoms with Crippen LogP contribution in [0.3, 0.4) is 0 Å². The number of hydrogen-bond donors (Lipinski definition) is 0. The normalized spacial score (nSPS) is 11.3. The molecule has 0 heterocycles. The summed E-state index contributed by atoms with van der Waals surface area (Å²) in [7, 11) is 0. The molecule has 0 saturated carbocycles. The van der Waals surface area contributed by atoms with E-state index in [4.69, 9.17) is 0 Å². The lowest BCUT2D eigenvalue weighted by molar-refractivity contribution is -0.275. The van der Waals surface area contributed by atoms with Crippen molar-refractivity contribution in [1.82, 2.24) is 0 Å². The zero-order chi connectivity index (χ0) is 15.6. The summed E-state index contributed by atoms with van der Waals surface area (Å²) in [6, 6.07) is 9.49. The number of alkyl halides is 3. The number of carbonyl (C=O) groups excluding carboxylic acids is 1. The Bertz CT molecular complexity index is 660. The van der Waals surface area contributed by atoms with Gasteiger partial charge in [-0.3, -0.25) is 4.79 Å². The van der Waals surface area contributed by atoms with Crippen LogP contribution in [0.5, 0.6) is 5.75 Å². The second kappa shape index (κ2) is 5.55. The Balaban J connectivity index is 2.29. The highest BCUT2D eigenvalue weighted by Crippen LogP contribution is 2.29. The molecule has 0 unspecified atom stereocenters. The van der Waals surface area contributed by atoms with E-state index in [0.29, 0.717) is 16.7 Å². The summed E-state index contributed by atoms with van der Waals surface area (Å²) < 4.78 is 53.3. The molecular weight excluding hydrogens is 288 g/mol. The van der Waals surface area contributed by atoms with Gasteiger partial charge in [0.15, 0.2) is 17.3 Å². The highest BCUT2D eigenvalue weighted by Gasteiger charge is 2.32. The van der Waals surface area contributed by atoms with E-state index >= 15 is 0 Å². The summed E-state index contributed by atoms with van der Waals surface area (Å²) in [5.41, 5.74) is 1.46. The second-order valence-electron chi connectivity index (χ2n) is 4.33. The van der Waals surface area contributed by atoms with Crippen LogP contribution >= 0.6 is 0 Å². The van der Waals surface area contributed by atoms with E-state index in [1.807, 2.05) is 0 Å². The predicted octanol–water partition coefficient (Wildman–Crippen LogP) is 4.59. The monoisotopic (exact) mass is 298 g/mol. The van der Waals surface area contributed by atoms with Gasteiger partial charge >= 0.3 is 6.36 Å². The highest BCUT2D eigenvalue weighted by molar-refractivity contribution is 5.94. The minimum absolute atomic E-state index is 0.110. The van der Waals surface area contributed by atoms with Gasteiger partial charge in [-0.25, -0.2) is 4.39 Å². The van der Waals surface area contributed by atoms with Crippen molar-refractivity contribution in [3.63, 3.8) is 0 Å². The van der Waals surface area contributed by atoms with E-state index < -0.39 is 17.9 Å². The van der Waals surface area contributed by atoms with Gasteiger partial charge in [0.25, 0.3) is 0 Å². The topological polar surface area (TPSA) is 26.3 Å². The lowest BCUT2D eigenvalue weighted by atomic mass is 10.0. The third-order valence-corrected chi connectivity index (χ3v) is 2.78. The molecule has 0 N–H and O–H groups in total. The van der Waals surface area contributed by atoms with Gasteiger partial charge in [-0.2, -0.15) is 0 Å². The molecule has 0 aliphatic heterocycles. The molecular formula is C15H10F4O2. The fourth-order valence-electron chi connectivity index (χ4n) is 1.79. The van der Waals surface area contributed by atoms with Crippen LogP contribution in [0, 0.1) is 5.82 Å². The predicted molar refractivity (Wildman–Crippen MR) is 68.5 cm³/mol. The lowest BCUT2D eigenvalue weighted by Crippen LogP contribution is -2.17. The van der Waals surface area contributed by atoms with Crippen LogP contribution < -0.4 is 4.74 Å². The number of benzene rings is 2. The summed E-state index contributed by atoms with van der Waals surface area (Å²) in [5.74, 6) is -2.10. The molecule has 0 amide bonds. The van der Waals surface area contributed by atoms with Crippen molar-refractivity contribution >= 4 is 5.78 Å². The standard InChI is InChI=1S/C15H10F4O2/c1-9(20)10-2-4-11(5-3-10)12-6-7-14(13(16)8-12)21-15(17,18)19/h2-8H,1H3. The van der Waals surface area contributed by atoms with E-state index in [1.54, 1.807) is 24.3 Å². The average molecular weight is 298 g/mol. The first-order valence-electron chi connectivity index (χ1n) is 5.93. The number of ketones is 1. The maximum atomic E-state index is 13.6. The molecule has 0 atom stereocenters. The Kier molecular flexibility index (Phi) is 3.97. The first-order chi connectivity index (χ1) is 9.76. The number of ether oxygens (including phenoxy) is 1. The third kappa shape index (κ3) is 3.81. The molecule has 0 radical (unpaired) electrons. The van der Waals surface area contributed by atoms with E-state index in [9.17, 15) is 22.4 Å². The van der Waals surface area contributed by atoms with Crippen LogP contribution in [0.4, 0.5) is 17.6 Å². The van der Waals surface area contributed by atoms with Gasteiger partial charge in [-0.15, -0.1) is 13.2 Å². The van der Waals surface area contributed by atoms with Crippen molar-refractivity contribution in [1.29, 1.82) is 0 Å². The van der Waals surface area contributed by atoms with Crippen molar-refractivity contribution < 1.29 is 27.1 Å². The Morgan fingerprint density at radius 3 is 2.05 bits per heavy atom. The Hall–Kier alpha value is -2.37. The maximum absolute atomic E-state index is 13.6. The molecule has 2 rings (SSSR count). The molecule has 0 saturated heterocycles. The fraction of sp³-hybridized carbons (Fsp3) is 0.133. The Morgan fingerprint density at radius 2 is 1.57 bits per heavy atom. The molecule has 0 fully saturated rings. The van der Waals surface area contributed by atoms with Crippen LogP contribution in [0.15, 0.2) is 42.5 Å². The SMILES string of the molecule is CC(=O)c1ccc(-c2ccc(OC(F)(F)F)c(F)c2)cc1. The summed E-state index contributed by atoms with van der Waals surface area (Å²) in [4.78, 5) is 11.1. The molecule has 110 valence electrons. The van der Waals surface area contributed by atoms with Gasteiger partial charge < -0.3 is 4.74 Å². The molecule has 0 aliphatic rings. The lowest BCUT2D eigenvalue weighted by Gasteiger charge is -2.10. The van der Waals surface area contributed by atoms with Gasteiger partial charge in [0, 0.05) is 5.56 Å². The summed E-state index contributed by atoms with van der Waals surface area (Å²) in [5, 5.41) is 0. The number of rotatable bonds is 3. The van der Waals surface area contributed by atoms with E-state index in [0.717, 1.165) is 12.1 Å². The van der Waals surface area contributed by atoms with E-state index in [2.05, 4.69) is 4.74 Å². The zero-order valence-corrected chi connectivity index (χ0v) is 10.9. The van der Waals surface area contributed by atoms with Crippen molar-refractivity contribution in [2.45, 2.75) is 13.3 Å². The molecule has 0 bridgehead atoms. The van der Waals surface area contributed by atoms with E-state index in [1.165, 1.54) is 13.0 Å². The van der Waals surface area contributed by atoms with Crippen LogP contribution in [-0.4, -0.2) is 12.1 Å². The van der Waals surface area contributed by atoms with Gasteiger partial charge in [0.1, 0.15) is 0 Å².